The standard InChI is InChI=1S/C17H25ClN2O/c1-12-8-13(2)11-20(10-12)14(3)17(21)19-9-15-6-4-5-7-16(15)18/h4-7,12-14H,8-11H2,1-3H3,(H,19,21). The van der Waals surface area contributed by atoms with Crippen molar-refractivity contribution < 1.29 is 4.79 Å². The second kappa shape index (κ2) is 7.28. The molecule has 2 rings (SSSR count). The highest BCUT2D eigenvalue weighted by atomic mass is 35.5. The molecular weight excluding hydrogens is 284 g/mol. The predicted octanol–water partition coefficient (Wildman–Crippen LogP) is 3.32. The summed E-state index contributed by atoms with van der Waals surface area (Å²) >= 11 is 6.11. The van der Waals surface area contributed by atoms with E-state index in [0.717, 1.165) is 18.7 Å². The summed E-state index contributed by atoms with van der Waals surface area (Å²) in [6.07, 6.45) is 1.25. The Labute approximate surface area is 132 Å². The van der Waals surface area contributed by atoms with E-state index in [-0.39, 0.29) is 11.9 Å². The molecule has 1 saturated heterocycles. The summed E-state index contributed by atoms with van der Waals surface area (Å²) in [4.78, 5) is 14.6. The zero-order valence-corrected chi connectivity index (χ0v) is 13.9. The van der Waals surface area contributed by atoms with E-state index in [0.29, 0.717) is 23.4 Å². The van der Waals surface area contributed by atoms with E-state index < -0.39 is 0 Å². The van der Waals surface area contributed by atoms with Crippen molar-refractivity contribution in [2.24, 2.45) is 11.8 Å². The second-order valence-corrected chi connectivity index (χ2v) is 6.79. The molecule has 0 aliphatic carbocycles. The monoisotopic (exact) mass is 308 g/mol. The summed E-state index contributed by atoms with van der Waals surface area (Å²) in [6, 6.07) is 7.54. The maximum absolute atomic E-state index is 12.3. The molecule has 1 aromatic rings. The first-order valence-electron chi connectivity index (χ1n) is 7.72. The van der Waals surface area contributed by atoms with E-state index in [1.165, 1.54) is 6.42 Å². The number of benzene rings is 1. The van der Waals surface area contributed by atoms with Crippen LogP contribution in [0.15, 0.2) is 24.3 Å². The smallest absolute Gasteiger partial charge is 0.237 e. The Morgan fingerprint density at radius 2 is 1.95 bits per heavy atom. The van der Waals surface area contributed by atoms with Crippen molar-refractivity contribution in [2.75, 3.05) is 13.1 Å². The molecule has 0 aromatic heterocycles. The van der Waals surface area contributed by atoms with Gasteiger partial charge < -0.3 is 5.32 Å². The van der Waals surface area contributed by atoms with Gasteiger partial charge in [-0.1, -0.05) is 43.6 Å². The highest BCUT2D eigenvalue weighted by Gasteiger charge is 2.28. The van der Waals surface area contributed by atoms with Crippen LogP contribution in [0.25, 0.3) is 0 Å². The van der Waals surface area contributed by atoms with Crippen LogP contribution in [0.2, 0.25) is 5.02 Å². The number of likely N-dealkylation sites (tertiary alicyclic amines) is 1. The molecule has 3 atom stereocenters. The molecule has 1 aliphatic rings. The number of carbonyl (C=O) groups is 1. The van der Waals surface area contributed by atoms with Crippen molar-refractivity contribution in [2.45, 2.75) is 39.8 Å². The maximum Gasteiger partial charge on any atom is 0.237 e. The molecule has 0 saturated carbocycles. The zero-order chi connectivity index (χ0) is 15.4. The Kier molecular flexibility index (Phi) is 5.65. The minimum Gasteiger partial charge on any atom is -0.351 e. The maximum atomic E-state index is 12.3. The van der Waals surface area contributed by atoms with Gasteiger partial charge in [0.2, 0.25) is 5.91 Å². The third-order valence-corrected chi connectivity index (χ3v) is 4.60. The van der Waals surface area contributed by atoms with Gasteiger partial charge in [-0.15, -0.1) is 0 Å². The average molecular weight is 309 g/mol. The number of nitrogens with one attached hydrogen (secondary N) is 1. The number of hydrogen-bond acceptors (Lipinski definition) is 2. The van der Waals surface area contributed by atoms with E-state index >= 15 is 0 Å². The van der Waals surface area contributed by atoms with Gasteiger partial charge in [0.1, 0.15) is 0 Å². The Morgan fingerprint density at radius 1 is 1.33 bits per heavy atom. The molecule has 0 bridgehead atoms. The van der Waals surface area contributed by atoms with Crippen molar-refractivity contribution in [1.29, 1.82) is 0 Å². The lowest BCUT2D eigenvalue weighted by molar-refractivity contribution is -0.127. The molecule has 4 heteroatoms. The average Bonchev–Trinajstić information content (AvgIpc) is 2.44. The van der Waals surface area contributed by atoms with Gasteiger partial charge >= 0.3 is 0 Å². The first kappa shape index (κ1) is 16.3. The minimum absolute atomic E-state index is 0.0798. The van der Waals surface area contributed by atoms with E-state index in [9.17, 15) is 4.79 Å². The molecule has 116 valence electrons. The lowest BCUT2D eigenvalue weighted by Gasteiger charge is -2.38. The van der Waals surface area contributed by atoms with Gasteiger partial charge in [-0.25, -0.2) is 0 Å². The Morgan fingerprint density at radius 3 is 2.57 bits per heavy atom. The zero-order valence-electron chi connectivity index (χ0n) is 13.1. The highest BCUT2D eigenvalue weighted by molar-refractivity contribution is 6.31. The van der Waals surface area contributed by atoms with E-state index in [1.807, 2.05) is 31.2 Å². The summed E-state index contributed by atoms with van der Waals surface area (Å²) in [5.41, 5.74) is 0.958. The number of rotatable bonds is 4. The van der Waals surface area contributed by atoms with Crippen LogP contribution in [0.3, 0.4) is 0 Å². The molecular formula is C17H25ClN2O. The van der Waals surface area contributed by atoms with E-state index in [4.69, 9.17) is 11.6 Å². The Balaban J connectivity index is 1.89. The summed E-state index contributed by atoms with van der Waals surface area (Å²) < 4.78 is 0. The van der Waals surface area contributed by atoms with Gasteiger partial charge in [0.25, 0.3) is 0 Å². The van der Waals surface area contributed by atoms with E-state index in [1.54, 1.807) is 0 Å². The van der Waals surface area contributed by atoms with Gasteiger partial charge in [-0.05, 0) is 36.8 Å². The summed E-state index contributed by atoms with van der Waals surface area (Å²) in [7, 11) is 0. The number of halogens is 1. The van der Waals surface area contributed by atoms with Crippen molar-refractivity contribution in [1.82, 2.24) is 10.2 Å². The second-order valence-electron chi connectivity index (χ2n) is 6.39. The fraction of sp³-hybridized carbons (Fsp3) is 0.588. The van der Waals surface area contributed by atoms with Gasteiger partial charge in [-0.2, -0.15) is 0 Å². The van der Waals surface area contributed by atoms with Crippen molar-refractivity contribution in [3.8, 4) is 0 Å². The van der Waals surface area contributed by atoms with Crippen LogP contribution in [0.4, 0.5) is 0 Å². The lowest BCUT2D eigenvalue weighted by atomic mass is 9.91. The fourth-order valence-electron chi connectivity index (χ4n) is 3.17. The highest BCUT2D eigenvalue weighted by Crippen LogP contribution is 2.22. The first-order chi connectivity index (χ1) is 9.97. The van der Waals surface area contributed by atoms with Crippen LogP contribution in [0, 0.1) is 11.8 Å². The number of nitrogens with zero attached hydrogens (tertiary/aromatic N) is 1. The molecule has 1 amide bonds. The molecule has 1 fully saturated rings. The molecule has 0 radical (unpaired) electrons. The first-order valence-corrected chi connectivity index (χ1v) is 8.10. The molecule has 3 nitrogen and oxygen atoms in total. The third-order valence-electron chi connectivity index (χ3n) is 4.24. The lowest BCUT2D eigenvalue weighted by Crippen LogP contribution is -2.50. The van der Waals surface area contributed by atoms with Gasteiger partial charge in [0.15, 0.2) is 0 Å². The number of piperidine rings is 1. The van der Waals surface area contributed by atoms with Crippen molar-refractivity contribution in [3.05, 3.63) is 34.9 Å². The van der Waals surface area contributed by atoms with Crippen molar-refractivity contribution in [3.63, 3.8) is 0 Å². The number of carbonyl (C=O) groups excluding carboxylic acids is 1. The quantitative estimate of drug-likeness (QED) is 0.925. The van der Waals surface area contributed by atoms with Crippen molar-refractivity contribution >= 4 is 17.5 Å². The van der Waals surface area contributed by atoms with E-state index in [2.05, 4.69) is 24.1 Å². The van der Waals surface area contributed by atoms with Crippen LogP contribution in [-0.2, 0) is 11.3 Å². The normalized spacial score (nSPS) is 24.6. The fourth-order valence-corrected chi connectivity index (χ4v) is 3.37. The summed E-state index contributed by atoms with van der Waals surface area (Å²) in [6.45, 7) is 9.01. The molecule has 3 unspecified atom stereocenters. The SMILES string of the molecule is CC1CC(C)CN(C(C)C(=O)NCc2ccccc2Cl)C1. The van der Waals surface area contributed by atoms with Gasteiger partial charge in [0.05, 0.1) is 6.04 Å². The Hall–Kier alpha value is -1.06. The van der Waals surface area contributed by atoms with Crippen LogP contribution in [0.1, 0.15) is 32.8 Å². The number of hydrogen-bond donors (Lipinski definition) is 1. The summed E-state index contributed by atoms with van der Waals surface area (Å²) in [5.74, 6) is 1.40. The predicted molar refractivity (Wildman–Crippen MR) is 87.3 cm³/mol. The molecule has 1 aliphatic heterocycles. The van der Waals surface area contributed by atoms with Gasteiger partial charge in [-0.3, -0.25) is 9.69 Å². The molecule has 0 spiro atoms. The van der Waals surface area contributed by atoms with Crippen LogP contribution < -0.4 is 5.32 Å². The third kappa shape index (κ3) is 4.45. The van der Waals surface area contributed by atoms with Crippen LogP contribution >= 0.6 is 11.6 Å². The molecule has 1 aromatic carbocycles. The van der Waals surface area contributed by atoms with Crippen LogP contribution in [-0.4, -0.2) is 29.9 Å². The number of amides is 1. The summed E-state index contributed by atoms with van der Waals surface area (Å²) in [5, 5.41) is 3.70. The minimum atomic E-state index is -0.0855. The molecule has 1 heterocycles. The largest absolute Gasteiger partial charge is 0.351 e. The molecule has 21 heavy (non-hydrogen) atoms. The molecule has 1 N–H and O–H groups in total. The van der Waals surface area contributed by atoms with Gasteiger partial charge in [0, 0.05) is 24.7 Å². The topological polar surface area (TPSA) is 32.3 Å². The van der Waals surface area contributed by atoms with Crippen LogP contribution in [0.5, 0.6) is 0 Å². The Bertz CT molecular complexity index is 481.